The van der Waals surface area contributed by atoms with Gasteiger partial charge in [-0.1, -0.05) is 0 Å². The summed E-state index contributed by atoms with van der Waals surface area (Å²) in [5.41, 5.74) is 0.508. The Balaban J connectivity index is 2.37. The molecule has 86 valence electrons. The predicted octanol–water partition coefficient (Wildman–Crippen LogP) is 2.79. The van der Waals surface area contributed by atoms with Gasteiger partial charge in [0.05, 0.1) is 12.1 Å². The van der Waals surface area contributed by atoms with Crippen LogP contribution >= 0.6 is 0 Å². The highest BCUT2D eigenvalue weighted by Gasteiger charge is 2.31. The Kier molecular flexibility index (Phi) is 2.61. The van der Waals surface area contributed by atoms with Crippen molar-refractivity contribution in [1.29, 1.82) is 0 Å². The Hall–Kier alpha value is -1.52. The van der Waals surface area contributed by atoms with Gasteiger partial charge in [-0.25, -0.2) is 4.99 Å². The van der Waals surface area contributed by atoms with Crippen LogP contribution in [-0.4, -0.2) is 19.0 Å². The molecule has 2 nitrogen and oxygen atoms in total. The van der Waals surface area contributed by atoms with E-state index >= 15 is 0 Å². The lowest BCUT2D eigenvalue weighted by atomic mass is 10.0. The molecule has 0 spiro atoms. The SMILES string of the molecule is Cc1cc(C(F)(F)F)ccc1C1=NCCO1. The largest absolute Gasteiger partial charge is 0.476 e. The van der Waals surface area contributed by atoms with E-state index in [-0.39, 0.29) is 0 Å². The van der Waals surface area contributed by atoms with Gasteiger partial charge in [0.25, 0.3) is 0 Å². The smallest absolute Gasteiger partial charge is 0.416 e. The van der Waals surface area contributed by atoms with Crippen LogP contribution in [0.2, 0.25) is 0 Å². The van der Waals surface area contributed by atoms with E-state index in [0.717, 1.165) is 12.1 Å². The highest BCUT2D eigenvalue weighted by Crippen LogP contribution is 2.30. The van der Waals surface area contributed by atoms with Gasteiger partial charge in [-0.3, -0.25) is 0 Å². The van der Waals surface area contributed by atoms with Gasteiger partial charge >= 0.3 is 6.18 Å². The van der Waals surface area contributed by atoms with Gasteiger partial charge in [0, 0.05) is 5.56 Å². The molecule has 0 aliphatic carbocycles. The molecule has 0 saturated carbocycles. The normalized spacial score (nSPS) is 15.9. The van der Waals surface area contributed by atoms with Gasteiger partial charge in [0.15, 0.2) is 0 Å². The number of alkyl halides is 3. The number of hydrogen-bond donors (Lipinski definition) is 0. The quantitative estimate of drug-likeness (QED) is 0.725. The molecular formula is C11H10F3NO. The van der Waals surface area contributed by atoms with E-state index in [0.29, 0.717) is 30.2 Å². The third-order valence-electron chi connectivity index (χ3n) is 2.37. The average Bonchev–Trinajstić information content (AvgIpc) is 2.69. The highest BCUT2D eigenvalue weighted by molar-refractivity contribution is 5.96. The molecule has 1 aromatic carbocycles. The zero-order valence-electron chi connectivity index (χ0n) is 8.64. The number of aliphatic imine (C=N–C) groups is 1. The molecule has 0 aromatic heterocycles. The maximum Gasteiger partial charge on any atom is 0.416 e. The van der Waals surface area contributed by atoms with Gasteiger partial charge in [0.1, 0.15) is 6.61 Å². The zero-order chi connectivity index (χ0) is 11.8. The lowest BCUT2D eigenvalue weighted by molar-refractivity contribution is -0.137. The van der Waals surface area contributed by atoms with Crippen molar-refractivity contribution in [3.8, 4) is 0 Å². The second-order valence-electron chi connectivity index (χ2n) is 3.56. The summed E-state index contributed by atoms with van der Waals surface area (Å²) in [6.07, 6.45) is -4.30. The summed E-state index contributed by atoms with van der Waals surface area (Å²) in [5.74, 6) is 0.436. The maximum absolute atomic E-state index is 12.4. The molecule has 2 rings (SSSR count). The van der Waals surface area contributed by atoms with Crippen LogP contribution in [0.4, 0.5) is 13.2 Å². The number of hydrogen-bond acceptors (Lipinski definition) is 2. The molecule has 0 radical (unpaired) electrons. The molecule has 1 heterocycles. The minimum absolute atomic E-state index is 0.436. The third kappa shape index (κ3) is 2.03. The average molecular weight is 229 g/mol. The molecule has 16 heavy (non-hydrogen) atoms. The molecule has 0 N–H and O–H groups in total. The van der Waals surface area contributed by atoms with Crippen molar-refractivity contribution in [3.63, 3.8) is 0 Å². The van der Waals surface area contributed by atoms with Crippen LogP contribution in [0.5, 0.6) is 0 Å². The minimum Gasteiger partial charge on any atom is -0.476 e. The van der Waals surface area contributed by atoms with Crippen LogP contribution in [0.1, 0.15) is 16.7 Å². The zero-order valence-corrected chi connectivity index (χ0v) is 8.64. The summed E-state index contributed by atoms with van der Waals surface area (Å²) in [4.78, 5) is 4.07. The van der Waals surface area contributed by atoms with E-state index in [1.54, 1.807) is 6.92 Å². The second kappa shape index (κ2) is 3.81. The van der Waals surface area contributed by atoms with Gasteiger partial charge in [0.2, 0.25) is 5.90 Å². The van der Waals surface area contributed by atoms with Crippen LogP contribution in [0.3, 0.4) is 0 Å². The molecule has 1 aliphatic heterocycles. The molecule has 0 unspecified atom stereocenters. The molecule has 1 aliphatic rings. The van der Waals surface area contributed by atoms with Crippen molar-refractivity contribution < 1.29 is 17.9 Å². The molecule has 0 saturated heterocycles. The van der Waals surface area contributed by atoms with Gasteiger partial charge < -0.3 is 4.74 Å². The van der Waals surface area contributed by atoms with Crippen molar-refractivity contribution >= 4 is 5.90 Å². The van der Waals surface area contributed by atoms with Crippen LogP contribution in [0.25, 0.3) is 0 Å². The molecule has 0 atom stereocenters. The lowest BCUT2D eigenvalue weighted by Gasteiger charge is -2.10. The van der Waals surface area contributed by atoms with Crippen molar-refractivity contribution in [3.05, 3.63) is 34.9 Å². The Labute approximate surface area is 90.8 Å². The first kappa shape index (κ1) is 11.0. The number of nitrogens with zero attached hydrogens (tertiary/aromatic N) is 1. The van der Waals surface area contributed by atoms with E-state index in [1.807, 2.05) is 0 Å². The van der Waals surface area contributed by atoms with E-state index < -0.39 is 11.7 Å². The predicted molar refractivity (Wildman–Crippen MR) is 53.5 cm³/mol. The lowest BCUT2D eigenvalue weighted by Crippen LogP contribution is -2.08. The Morgan fingerprint density at radius 2 is 2.06 bits per heavy atom. The fraction of sp³-hybridized carbons (Fsp3) is 0.364. The monoisotopic (exact) mass is 229 g/mol. The topological polar surface area (TPSA) is 21.6 Å². The Morgan fingerprint density at radius 1 is 1.31 bits per heavy atom. The molecule has 5 heteroatoms. The van der Waals surface area contributed by atoms with Crippen LogP contribution in [0.15, 0.2) is 23.2 Å². The summed E-state index contributed by atoms with van der Waals surface area (Å²) in [6.45, 7) is 2.68. The van der Waals surface area contributed by atoms with Crippen LogP contribution in [0, 0.1) is 6.92 Å². The molecule has 0 bridgehead atoms. The Morgan fingerprint density at radius 3 is 2.56 bits per heavy atom. The number of ether oxygens (including phenoxy) is 1. The number of halogens is 3. The van der Waals surface area contributed by atoms with E-state index in [4.69, 9.17) is 4.74 Å². The first-order valence-corrected chi connectivity index (χ1v) is 4.84. The van der Waals surface area contributed by atoms with Crippen molar-refractivity contribution in [2.24, 2.45) is 4.99 Å². The summed E-state index contributed by atoms with van der Waals surface area (Å²) in [5, 5.41) is 0. The maximum atomic E-state index is 12.4. The van der Waals surface area contributed by atoms with Crippen molar-refractivity contribution in [2.45, 2.75) is 13.1 Å². The standard InChI is InChI=1S/C11H10F3NO/c1-7-6-8(11(12,13)14)2-3-9(7)10-15-4-5-16-10/h2-3,6H,4-5H2,1H3. The molecule has 1 aromatic rings. The first-order chi connectivity index (χ1) is 7.48. The third-order valence-corrected chi connectivity index (χ3v) is 2.37. The second-order valence-corrected chi connectivity index (χ2v) is 3.56. The fourth-order valence-corrected chi connectivity index (χ4v) is 1.58. The summed E-state index contributed by atoms with van der Waals surface area (Å²) >= 11 is 0. The van der Waals surface area contributed by atoms with E-state index in [9.17, 15) is 13.2 Å². The van der Waals surface area contributed by atoms with E-state index in [2.05, 4.69) is 4.99 Å². The summed E-state index contributed by atoms with van der Waals surface area (Å²) in [6, 6.07) is 3.56. The molecule has 0 amide bonds. The van der Waals surface area contributed by atoms with Crippen molar-refractivity contribution in [1.82, 2.24) is 0 Å². The van der Waals surface area contributed by atoms with Crippen LogP contribution in [-0.2, 0) is 10.9 Å². The van der Waals surface area contributed by atoms with Crippen molar-refractivity contribution in [2.75, 3.05) is 13.2 Å². The molecule has 0 fully saturated rings. The number of benzene rings is 1. The summed E-state index contributed by atoms with van der Waals surface area (Å²) in [7, 11) is 0. The number of aryl methyl sites for hydroxylation is 1. The van der Waals surface area contributed by atoms with Crippen LogP contribution < -0.4 is 0 Å². The van der Waals surface area contributed by atoms with E-state index in [1.165, 1.54) is 6.07 Å². The van der Waals surface area contributed by atoms with Gasteiger partial charge in [-0.15, -0.1) is 0 Å². The fourth-order valence-electron chi connectivity index (χ4n) is 1.58. The highest BCUT2D eigenvalue weighted by atomic mass is 19.4. The summed E-state index contributed by atoms with van der Waals surface area (Å²) < 4.78 is 42.5. The van der Waals surface area contributed by atoms with Gasteiger partial charge in [-0.05, 0) is 30.7 Å². The molecular weight excluding hydrogens is 219 g/mol. The minimum atomic E-state index is -4.30. The Bertz CT molecular complexity index is 437. The van der Waals surface area contributed by atoms with Gasteiger partial charge in [-0.2, -0.15) is 13.2 Å². The first-order valence-electron chi connectivity index (χ1n) is 4.84. The number of rotatable bonds is 1.